The van der Waals surface area contributed by atoms with Crippen molar-refractivity contribution < 1.29 is 14.3 Å². The highest BCUT2D eigenvalue weighted by molar-refractivity contribution is 6.31. The molecule has 1 aliphatic heterocycles. The fourth-order valence-electron chi connectivity index (χ4n) is 4.38. The Morgan fingerprint density at radius 3 is 2.70 bits per heavy atom. The highest BCUT2D eigenvalue weighted by atomic mass is 35.5. The Hall–Kier alpha value is -3.29. The number of amides is 1. The largest absolute Gasteiger partial charge is 0.386 e. The van der Waals surface area contributed by atoms with Crippen LogP contribution in [0.4, 0.5) is 4.39 Å². The van der Waals surface area contributed by atoms with E-state index >= 15 is 4.39 Å². The summed E-state index contributed by atoms with van der Waals surface area (Å²) in [6.07, 6.45) is 3.48. The van der Waals surface area contributed by atoms with E-state index in [0.29, 0.717) is 34.4 Å². The van der Waals surface area contributed by atoms with Gasteiger partial charge in [0.2, 0.25) is 0 Å². The maximum Gasteiger partial charge on any atom is 0.256 e. The van der Waals surface area contributed by atoms with Gasteiger partial charge in [-0.3, -0.25) is 14.5 Å². The Balaban J connectivity index is 1.53. The van der Waals surface area contributed by atoms with Crippen LogP contribution in [0.25, 0.3) is 22.0 Å². The van der Waals surface area contributed by atoms with Crippen LogP contribution in [-0.4, -0.2) is 30.7 Å². The van der Waals surface area contributed by atoms with Gasteiger partial charge in [-0.1, -0.05) is 23.7 Å². The highest BCUT2D eigenvalue weighted by Crippen LogP contribution is 2.37. The van der Waals surface area contributed by atoms with E-state index in [1.54, 1.807) is 60.9 Å². The first-order valence-electron chi connectivity index (χ1n) is 10.5. The summed E-state index contributed by atoms with van der Waals surface area (Å²) < 4.78 is 16.9. The molecule has 0 radical (unpaired) electrons. The molecule has 0 bridgehead atoms. The summed E-state index contributed by atoms with van der Waals surface area (Å²) in [7, 11) is 1.80. The molecule has 1 amide bonds. The van der Waals surface area contributed by atoms with E-state index in [4.69, 9.17) is 11.6 Å². The van der Waals surface area contributed by atoms with Crippen molar-refractivity contribution >= 4 is 28.4 Å². The van der Waals surface area contributed by atoms with Gasteiger partial charge in [-0.15, -0.1) is 0 Å². The van der Waals surface area contributed by atoms with Crippen LogP contribution in [0.2, 0.25) is 5.02 Å². The monoisotopic (exact) mass is 464 g/mol. The zero-order valence-electron chi connectivity index (χ0n) is 18.4. The van der Waals surface area contributed by atoms with Crippen molar-refractivity contribution in [3.63, 3.8) is 0 Å². The summed E-state index contributed by atoms with van der Waals surface area (Å²) in [4.78, 5) is 18.4. The number of carbonyl (C=O) groups is 1. The molecule has 6 nitrogen and oxygen atoms in total. The van der Waals surface area contributed by atoms with Crippen LogP contribution in [0.3, 0.4) is 0 Å². The fourth-order valence-corrected chi connectivity index (χ4v) is 4.64. The second kappa shape index (κ2) is 7.64. The van der Waals surface area contributed by atoms with Crippen LogP contribution in [0.5, 0.6) is 0 Å². The smallest absolute Gasteiger partial charge is 0.256 e. The third kappa shape index (κ3) is 3.67. The third-order valence-corrected chi connectivity index (χ3v) is 6.34. The van der Waals surface area contributed by atoms with Gasteiger partial charge >= 0.3 is 0 Å². The normalized spacial score (nSPS) is 13.8. The molecule has 0 fully saturated rings. The van der Waals surface area contributed by atoms with Gasteiger partial charge in [0.25, 0.3) is 5.91 Å². The van der Waals surface area contributed by atoms with E-state index in [9.17, 15) is 9.90 Å². The van der Waals surface area contributed by atoms with Gasteiger partial charge in [-0.05, 0) is 49.2 Å². The minimum atomic E-state index is -1.08. The van der Waals surface area contributed by atoms with Crippen molar-refractivity contribution in [3.8, 4) is 11.1 Å². The van der Waals surface area contributed by atoms with E-state index in [1.165, 1.54) is 6.07 Å². The van der Waals surface area contributed by atoms with Gasteiger partial charge in [0.15, 0.2) is 0 Å². The fraction of sp³-hybridized carbons (Fsp3) is 0.240. The van der Waals surface area contributed by atoms with Crippen LogP contribution in [0.15, 0.2) is 48.8 Å². The SMILES string of the molecule is Cn1cc2c(-c3cc(F)c(CN4Cc5ncccc5C4=O)c(Cl)c3)ccc(C(C)(C)O)c2n1. The van der Waals surface area contributed by atoms with Gasteiger partial charge < -0.3 is 10.0 Å². The van der Waals surface area contributed by atoms with Gasteiger partial charge in [-0.25, -0.2) is 4.39 Å². The van der Waals surface area contributed by atoms with Gasteiger partial charge in [-0.2, -0.15) is 5.10 Å². The van der Waals surface area contributed by atoms with Gasteiger partial charge in [0.05, 0.1) is 35.5 Å². The minimum absolute atomic E-state index is 0.0556. The standard InChI is InChI=1S/C25H22ClFN4O2/c1-25(2,33)19-7-6-15(17-11-30(3)29-23(17)19)14-9-20(26)18(21(27)10-14)12-31-13-22-16(24(31)32)5-4-8-28-22/h4-11,33H,12-13H2,1-3H3. The summed E-state index contributed by atoms with van der Waals surface area (Å²) in [5, 5.41) is 16.1. The topological polar surface area (TPSA) is 71.2 Å². The molecule has 0 saturated carbocycles. The number of nitrogens with zero attached hydrogens (tertiary/aromatic N) is 4. The molecule has 1 N–H and O–H groups in total. The molecule has 2 aromatic carbocycles. The Bertz CT molecular complexity index is 1400. The first kappa shape index (κ1) is 21.6. The number of aliphatic hydroxyl groups is 1. The zero-order chi connectivity index (χ0) is 23.5. The zero-order valence-corrected chi connectivity index (χ0v) is 19.2. The summed E-state index contributed by atoms with van der Waals surface area (Å²) in [5.74, 6) is -0.672. The maximum absolute atomic E-state index is 15.3. The van der Waals surface area contributed by atoms with Crippen LogP contribution in [0.1, 0.15) is 41.0 Å². The van der Waals surface area contributed by atoms with E-state index in [1.807, 2.05) is 12.3 Å². The number of aromatic nitrogens is 3. The molecule has 3 heterocycles. The van der Waals surface area contributed by atoms with Crippen molar-refractivity contribution in [3.05, 3.63) is 82.0 Å². The molecule has 2 aromatic heterocycles. The lowest BCUT2D eigenvalue weighted by Crippen LogP contribution is -2.24. The van der Waals surface area contributed by atoms with Crippen LogP contribution >= 0.6 is 11.6 Å². The predicted octanol–water partition coefficient (Wildman–Crippen LogP) is 4.81. The van der Waals surface area contributed by atoms with E-state index < -0.39 is 11.4 Å². The summed E-state index contributed by atoms with van der Waals surface area (Å²) in [6, 6.07) is 10.2. The Morgan fingerprint density at radius 2 is 2.00 bits per heavy atom. The summed E-state index contributed by atoms with van der Waals surface area (Å²) >= 11 is 6.53. The number of benzene rings is 2. The molecular formula is C25H22ClFN4O2. The number of hydrogen-bond donors (Lipinski definition) is 1. The first-order chi connectivity index (χ1) is 15.6. The molecule has 5 rings (SSSR count). The predicted molar refractivity (Wildman–Crippen MR) is 124 cm³/mol. The molecule has 0 atom stereocenters. The van der Waals surface area contributed by atoms with Gasteiger partial charge in [0.1, 0.15) is 5.82 Å². The molecule has 0 saturated heterocycles. The molecule has 4 aromatic rings. The minimum Gasteiger partial charge on any atom is -0.386 e. The number of halogens is 2. The van der Waals surface area contributed by atoms with Crippen molar-refractivity contribution in [2.45, 2.75) is 32.5 Å². The third-order valence-electron chi connectivity index (χ3n) is 6.00. The number of aryl methyl sites for hydroxylation is 1. The lowest BCUT2D eigenvalue weighted by molar-refractivity contribution is 0.0763. The molecular weight excluding hydrogens is 443 g/mol. The molecule has 0 aliphatic carbocycles. The second-order valence-corrected chi connectivity index (χ2v) is 9.27. The van der Waals surface area contributed by atoms with Crippen LogP contribution in [-0.2, 0) is 25.7 Å². The number of carbonyl (C=O) groups excluding carboxylic acids is 1. The average Bonchev–Trinajstić information content (AvgIpc) is 3.28. The van der Waals surface area contributed by atoms with Crippen molar-refractivity contribution in [2.75, 3.05) is 0 Å². The highest BCUT2D eigenvalue weighted by Gasteiger charge is 2.29. The lowest BCUT2D eigenvalue weighted by Gasteiger charge is -2.20. The second-order valence-electron chi connectivity index (χ2n) is 8.86. The lowest BCUT2D eigenvalue weighted by atomic mass is 9.92. The summed E-state index contributed by atoms with van der Waals surface area (Å²) in [6.45, 7) is 3.78. The quantitative estimate of drug-likeness (QED) is 0.470. The van der Waals surface area contributed by atoms with E-state index in [2.05, 4.69) is 10.1 Å². The number of hydrogen-bond acceptors (Lipinski definition) is 4. The Labute approximate surface area is 195 Å². The molecule has 1 aliphatic rings. The molecule has 0 unspecified atom stereocenters. The molecule has 0 spiro atoms. The van der Waals surface area contributed by atoms with Crippen molar-refractivity contribution in [1.29, 1.82) is 0 Å². The van der Waals surface area contributed by atoms with Crippen LogP contribution < -0.4 is 0 Å². The number of rotatable bonds is 4. The van der Waals surface area contributed by atoms with Gasteiger partial charge in [0, 0.05) is 41.0 Å². The number of pyridine rings is 1. The van der Waals surface area contributed by atoms with Crippen LogP contribution in [0, 0.1) is 5.82 Å². The molecule has 168 valence electrons. The van der Waals surface area contributed by atoms with E-state index in [-0.39, 0.29) is 23.0 Å². The first-order valence-corrected chi connectivity index (χ1v) is 10.9. The maximum atomic E-state index is 15.3. The average molecular weight is 465 g/mol. The van der Waals surface area contributed by atoms with E-state index in [0.717, 1.165) is 10.9 Å². The molecule has 8 heteroatoms. The number of fused-ring (bicyclic) bond motifs is 2. The summed E-state index contributed by atoms with van der Waals surface area (Å²) in [5.41, 5.74) is 3.09. The Morgan fingerprint density at radius 1 is 1.21 bits per heavy atom. The van der Waals surface area contributed by atoms with Crippen molar-refractivity contribution in [2.24, 2.45) is 7.05 Å². The van der Waals surface area contributed by atoms with Crippen molar-refractivity contribution in [1.82, 2.24) is 19.7 Å². The molecule has 33 heavy (non-hydrogen) atoms. The Kier molecular flexibility index (Phi) is 4.99.